The molecule has 2 aromatic rings. The summed E-state index contributed by atoms with van der Waals surface area (Å²) < 4.78 is 32.4. The summed E-state index contributed by atoms with van der Waals surface area (Å²) in [5.74, 6) is -0.885. The Bertz CT molecular complexity index is 514. The molecule has 1 heterocycles. The van der Waals surface area contributed by atoms with Gasteiger partial charge >= 0.3 is 0 Å². The van der Waals surface area contributed by atoms with Gasteiger partial charge in [0.15, 0.2) is 5.82 Å². The van der Waals surface area contributed by atoms with Gasteiger partial charge in [0.05, 0.1) is 4.47 Å². The minimum absolute atomic E-state index is 0.166. The lowest BCUT2D eigenvalue weighted by Gasteiger charge is -2.07. The highest BCUT2D eigenvalue weighted by molar-refractivity contribution is 9.10. The van der Waals surface area contributed by atoms with Gasteiger partial charge in [-0.1, -0.05) is 0 Å². The lowest BCUT2D eigenvalue weighted by Crippen LogP contribution is -1.93. The van der Waals surface area contributed by atoms with Gasteiger partial charge in [0.2, 0.25) is 0 Å². The van der Waals surface area contributed by atoms with E-state index < -0.39 is 11.6 Å². The molecule has 0 unspecified atom stereocenters. The van der Waals surface area contributed by atoms with Crippen LogP contribution in [0.5, 0.6) is 11.6 Å². The molecule has 0 aliphatic rings. The lowest BCUT2D eigenvalue weighted by molar-refractivity contribution is 0.419. The third-order valence-corrected chi connectivity index (χ3v) is 2.93. The molecule has 0 atom stereocenters. The van der Waals surface area contributed by atoms with E-state index in [0.29, 0.717) is 14.7 Å². The van der Waals surface area contributed by atoms with Gasteiger partial charge in [-0.25, -0.2) is 13.8 Å². The first-order valence-electron chi connectivity index (χ1n) is 4.50. The quantitative estimate of drug-likeness (QED) is 0.772. The maximum absolute atomic E-state index is 13.4. The van der Waals surface area contributed by atoms with Crippen molar-refractivity contribution in [3.05, 3.63) is 51.0 Å². The van der Waals surface area contributed by atoms with Gasteiger partial charge in [0.1, 0.15) is 11.6 Å². The monoisotopic (exact) mass is 363 g/mol. The maximum Gasteiger partial charge on any atom is 0.255 e. The molecule has 0 N–H and O–H groups in total. The smallest absolute Gasteiger partial charge is 0.255 e. The zero-order valence-electron chi connectivity index (χ0n) is 8.25. The van der Waals surface area contributed by atoms with E-state index in [4.69, 9.17) is 4.74 Å². The molecule has 0 aliphatic carbocycles. The van der Waals surface area contributed by atoms with Crippen molar-refractivity contribution in [2.45, 2.75) is 0 Å². The van der Waals surface area contributed by atoms with Crippen LogP contribution in [0.15, 0.2) is 39.4 Å². The summed E-state index contributed by atoms with van der Waals surface area (Å²) in [6.45, 7) is 0. The van der Waals surface area contributed by atoms with Crippen LogP contribution in [0, 0.1) is 11.6 Å². The third-order valence-electron chi connectivity index (χ3n) is 1.87. The van der Waals surface area contributed by atoms with E-state index in [1.807, 2.05) is 0 Å². The number of benzene rings is 1. The Kier molecular flexibility index (Phi) is 3.73. The lowest BCUT2D eigenvalue weighted by atomic mass is 10.3. The van der Waals surface area contributed by atoms with E-state index in [1.54, 1.807) is 0 Å². The van der Waals surface area contributed by atoms with Gasteiger partial charge in [-0.3, -0.25) is 0 Å². The van der Waals surface area contributed by atoms with Gasteiger partial charge in [0.25, 0.3) is 5.88 Å². The fourth-order valence-corrected chi connectivity index (χ4v) is 1.87. The molecular weight excluding hydrogens is 360 g/mol. The molecule has 1 aromatic heterocycles. The number of rotatable bonds is 2. The van der Waals surface area contributed by atoms with Crippen molar-refractivity contribution < 1.29 is 13.5 Å². The topological polar surface area (TPSA) is 22.1 Å². The molecule has 17 heavy (non-hydrogen) atoms. The van der Waals surface area contributed by atoms with E-state index in [2.05, 4.69) is 36.8 Å². The molecule has 6 heteroatoms. The fraction of sp³-hybridized carbons (Fsp3) is 0. The van der Waals surface area contributed by atoms with Crippen molar-refractivity contribution in [2.24, 2.45) is 0 Å². The van der Waals surface area contributed by atoms with E-state index in [-0.39, 0.29) is 5.88 Å². The average molecular weight is 365 g/mol. The number of halogens is 4. The van der Waals surface area contributed by atoms with Crippen LogP contribution >= 0.6 is 31.9 Å². The first kappa shape index (κ1) is 12.4. The summed E-state index contributed by atoms with van der Waals surface area (Å²) >= 11 is 6.21. The number of hydrogen-bond acceptors (Lipinski definition) is 2. The summed E-state index contributed by atoms with van der Waals surface area (Å²) in [5, 5.41) is 0. The van der Waals surface area contributed by atoms with Gasteiger partial charge in [-0.15, -0.1) is 0 Å². The SMILES string of the molecule is Fc1ccc(Oc2ncc(Br)cc2F)c(Br)c1. The van der Waals surface area contributed by atoms with Crippen LogP contribution in [-0.4, -0.2) is 4.98 Å². The third kappa shape index (κ3) is 3.01. The Hall–Kier alpha value is -1.01. The molecule has 0 bridgehead atoms. The van der Waals surface area contributed by atoms with Gasteiger partial charge in [0, 0.05) is 10.7 Å². The van der Waals surface area contributed by atoms with Crippen molar-refractivity contribution in [1.82, 2.24) is 4.98 Å². The second-order valence-corrected chi connectivity index (χ2v) is 4.89. The number of aromatic nitrogens is 1. The average Bonchev–Trinajstić information content (AvgIpc) is 2.25. The van der Waals surface area contributed by atoms with Gasteiger partial charge in [-0.05, 0) is 56.1 Å². The van der Waals surface area contributed by atoms with E-state index in [0.717, 1.165) is 0 Å². The summed E-state index contributed by atoms with van der Waals surface area (Å²) in [5.41, 5.74) is 0. The van der Waals surface area contributed by atoms with Crippen LogP contribution in [0.1, 0.15) is 0 Å². The summed E-state index contributed by atoms with van der Waals surface area (Å²) in [7, 11) is 0. The number of nitrogens with zero attached hydrogens (tertiary/aromatic N) is 1. The molecule has 0 saturated heterocycles. The van der Waals surface area contributed by atoms with Crippen molar-refractivity contribution in [3.8, 4) is 11.6 Å². The Balaban J connectivity index is 2.31. The van der Waals surface area contributed by atoms with Crippen LogP contribution < -0.4 is 4.74 Å². The van der Waals surface area contributed by atoms with Crippen molar-refractivity contribution in [1.29, 1.82) is 0 Å². The summed E-state index contributed by atoms with van der Waals surface area (Å²) in [4.78, 5) is 3.78. The molecule has 0 aliphatic heterocycles. The molecule has 2 rings (SSSR count). The van der Waals surface area contributed by atoms with Crippen LogP contribution in [0.25, 0.3) is 0 Å². The predicted octanol–water partition coefficient (Wildman–Crippen LogP) is 4.68. The number of hydrogen-bond donors (Lipinski definition) is 0. The van der Waals surface area contributed by atoms with Crippen molar-refractivity contribution in [2.75, 3.05) is 0 Å². The second-order valence-electron chi connectivity index (χ2n) is 3.12. The van der Waals surface area contributed by atoms with Crippen LogP contribution in [-0.2, 0) is 0 Å². The highest BCUT2D eigenvalue weighted by Crippen LogP contribution is 2.30. The van der Waals surface area contributed by atoms with Crippen molar-refractivity contribution in [3.63, 3.8) is 0 Å². The van der Waals surface area contributed by atoms with Gasteiger partial charge < -0.3 is 4.74 Å². The Labute approximate surface area is 113 Å². The van der Waals surface area contributed by atoms with Crippen molar-refractivity contribution >= 4 is 31.9 Å². The zero-order chi connectivity index (χ0) is 12.4. The summed E-state index contributed by atoms with van der Waals surface area (Å²) in [6.07, 6.45) is 1.41. The standard InChI is InChI=1S/C11H5Br2F2NO/c12-6-3-9(15)11(16-5-6)17-10-2-1-7(14)4-8(10)13/h1-5H. The molecule has 0 radical (unpaired) electrons. The molecule has 88 valence electrons. The largest absolute Gasteiger partial charge is 0.435 e. The first-order valence-corrected chi connectivity index (χ1v) is 6.09. The highest BCUT2D eigenvalue weighted by atomic mass is 79.9. The molecule has 0 spiro atoms. The first-order chi connectivity index (χ1) is 8.06. The van der Waals surface area contributed by atoms with E-state index in [9.17, 15) is 8.78 Å². The minimum atomic E-state index is -0.601. The van der Waals surface area contributed by atoms with E-state index in [1.165, 1.54) is 30.5 Å². The zero-order valence-corrected chi connectivity index (χ0v) is 11.4. The highest BCUT2D eigenvalue weighted by Gasteiger charge is 2.10. The second kappa shape index (κ2) is 5.10. The predicted molar refractivity (Wildman–Crippen MR) is 66.1 cm³/mol. The minimum Gasteiger partial charge on any atom is -0.435 e. The Morgan fingerprint density at radius 3 is 2.53 bits per heavy atom. The summed E-state index contributed by atoms with van der Waals surface area (Å²) in [6, 6.07) is 5.07. The number of ether oxygens (including phenoxy) is 1. The fourth-order valence-electron chi connectivity index (χ4n) is 1.14. The maximum atomic E-state index is 13.4. The molecule has 2 nitrogen and oxygen atoms in total. The molecule has 1 aromatic carbocycles. The van der Waals surface area contributed by atoms with Crippen LogP contribution in [0.4, 0.5) is 8.78 Å². The Morgan fingerprint density at radius 2 is 1.88 bits per heavy atom. The van der Waals surface area contributed by atoms with Gasteiger partial charge in [-0.2, -0.15) is 0 Å². The Morgan fingerprint density at radius 1 is 1.12 bits per heavy atom. The van der Waals surface area contributed by atoms with Crippen LogP contribution in [0.3, 0.4) is 0 Å². The molecule has 0 amide bonds. The number of pyridine rings is 1. The van der Waals surface area contributed by atoms with E-state index >= 15 is 0 Å². The van der Waals surface area contributed by atoms with Crippen LogP contribution in [0.2, 0.25) is 0 Å². The molecule has 0 fully saturated rings. The normalized spacial score (nSPS) is 10.4. The molecular formula is C11H5Br2F2NO. The molecule has 0 saturated carbocycles.